The lowest BCUT2D eigenvalue weighted by Crippen LogP contribution is -2.49. The topological polar surface area (TPSA) is 15.8 Å². The van der Waals surface area contributed by atoms with Gasteiger partial charge >= 0.3 is 0 Å². The van der Waals surface area contributed by atoms with Crippen LogP contribution in [0.4, 0.5) is 0 Å². The van der Waals surface area contributed by atoms with Crippen molar-refractivity contribution in [2.75, 3.05) is 13.1 Å². The predicted molar refractivity (Wildman–Crippen MR) is 104 cm³/mol. The molecule has 3 fully saturated rings. The molecule has 1 aliphatic carbocycles. The van der Waals surface area contributed by atoms with E-state index in [1.165, 1.54) is 43.5 Å². The van der Waals surface area contributed by atoms with Gasteiger partial charge in [0.2, 0.25) is 0 Å². The molecule has 3 aliphatic rings. The van der Waals surface area contributed by atoms with Crippen LogP contribution in [0.15, 0.2) is 24.3 Å². The van der Waals surface area contributed by atoms with E-state index < -0.39 is 0 Å². The first-order valence-corrected chi connectivity index (χ1v) is 10.2. The Morgan fingerprint density at radius 1 is 1.04 bits per heavy atom. The van der Waals surface area contributed by atoms with Crippen molar-refractivity contribution in [1.82, 2.24) is 4.90 Å². The molecule has 0 spiro atoms. The fourth-order valence-electron chi connectivity index (χ4n) is 5.81. The molecule has 0 amide bonds. The van der Waals surface area contributed by atoms with Gasteiger partial charge in [0.1, 0.15) is 11.2 Å². The number of rotatable bonds is 2. The summed E-state index contributed by atoms with van der Waals surface area (Å²) in [6, 6.07) is 9.86. The SMILES string of the molecule is CC1CC(C)CN(C2CCC3(c4ccc(C(C)(C)C)cc4)OC23C)C1. The fraction of sp³-hybridized carbons (Fsp3) is 0.739. The zero-order valence-electron chi connectivity index (χ0n) is 16.9. The Kier molecular flexibility index (Phi) is 3.91. The molecule has 25 heavy (non-hydrogen) atoms. The van der Waals surface area contributed by atoms with E-state index in [2.05, 4.69) is 70.7 Å². The van der Waals surface area contributed by atoms with Crippen LogP contribution in [-0.2, 0) is 15.8 Å². The standard InChI is InChI=1S/C23H35NO/c1-16-13-17(2)15-24(14-16)20-11-12-23(22(20,6)25-23)19-9-7-18(8-10-19)21(3,4)5/h7-10,16-17,20H,11-15H2,1-6H3. The fourth-order valence-corrected chi connectivity index (χ4v) is 5.81. The summed E-state index contributed by atoms with van der Waals surface area (Å²) in [5.41, 5.74) is 2.99. The van der Waals surface area contributed by atoms with Gasteiger partial charge in [-0.3, -0.25) is 4.90 Å². The third-order valence-electron chi connectivity index (χ3n) is 7.11. The Morgan fingerprint density at radius 3 is 2.16 bits per heavy atom. The van der Waals surface area contributed by atoms with Crippen molar-refractivity contribution in [1.29, 1.82) is 0 Å². The zero-order valence-corrected chi connectivity index (χ0v) is 16.9. The van der Waals surface area contributed by atoms with E-state index in [9.17, 15) is 0 Å². The number of nitrogens with zero attached hydrogens (tertiary/aromatic N) is 1. The van der Waals surface area contributed by atoms with E-state index >= 15 is 0 Å². The molecule has 0 radical (unpaired) electrons. The summed E-state index contributed by atoms with van der Waals surface area (Å²) in [5, 5.41) is 0. The third kappa shape index (κ3) is 2.68. The number of likely N-dealkylation sites (tertiary alicyclic amines) is 1. The van der Waals surface area contributed by atoms with Crippen molar-refractivity contribution in [3.05, 3.63) is 35.4 Å². The Morgan fingerprint density at radius 2 is 1.64 bits per heavy atom. The van der Waals surface area contributed by atoms with Crippen LogP contribution in [0, 0.1) is 11.8 Å². The van der Waals surface area contributed by atoms with Crippen LogP contribution in [0.5, 0.6) is 0 Å². The predicted octanol–water partition coefficient (Wildman–Crippen LogP) is 5.11. The first-order valence-electron chi connectivity index (χ1n) is 10.2. The Hall–Kier alpha value is -0.860. The molecule has 4 rings (SSSR count). The van der Waals surface area contributed by atoms with Gasteiger partial charge in [-0.25, -0.2) is 0 Å². The van der Waals surface area contributed by atoms with Crippen molar-refractivity contribution in [2.45, 2.75) is 83.5 Å². The molecule has 0 aromatic heterocycles. The number of benzene rings is 1. The highest BCUT2D eigenvalue weighted by molar-refractivity contribution is 5.40. The van der Waals surface area contributed by atoms with Gasteiger partial charge in [-0.15, -0.1) is 0 Å². The molecule has 1 saturated carbocycles. The minimum absolute atomic E-state index is 0.00697. The maximum absolute atomic E-state index is 6.53. The molecule has 0 N–H and O–H groups in total. The lowest BCUT2D eigenvalue weighted by molar-refractivity contribution is 0.0464. The molecule has 2 saturated heterocycles. The second-order valence-electron chi connectivity index (χ2n) is 10.3. The van der Waals surface area contributed by atoms with Gasteiger partial charge in [-0.2, -0.15) is 0 Å². The van der Waals surface area contributed by atoms with Gasteiger partial charge < -0.3 is 4.74 Å². The Balaban J connectivity index is 1.56. The summed E-state index contributed by atoms with van der Waals surface area (Å²) in [6.07, 6.45) is 3.82. The molecule has 2 heterocycles. The van der Waals surface area contributed by atoms with Gasteiger partial charge in [0.25, 0.3) is 0 Å². The monoisotopic (exact) mass is 341 g/mol. The highest BCUT2D eigenvalue weighted by atomic mass is 16.6. The molecule has 138 valence electrons. The van der Waals surface area contributed by atoms with E-state index in [1.807, 2.05) is 0 Å². The summed E-state index contributed by atoms with van der Waals surface area (Å²) in [5.74, 6) is 1.62. The van der Waals surface area contributed by atoms with Gasteiger partial charge in [0.15, 0.2) is 0 Å². The lowest BCUT2D eigenvalue weighted by atomic mass is 9.83. The van der Waals surface area contributed by atoms with Crippen molar-refractivity contribution >= 4 is 0 Å². The van der Waals surface area contributed by atoms with Crippen molar-refractivity contribution in [2.24, 2.45) is 11.8 Å². The lowest BCUT2D eigenvalue weighted by Gasteiger charge is -2.40. The molecule has 1 aromatic rings. The van der Waals surface area contributed by atoms with Crippen LogP contribution in [0.3, 0.4) is 0 Å². The van der Waals surface area contributed by atoms with Gasteiger partial charge in [0.05, 0.1) is 0 Å². The van der Waals surface area contributed by atoms with Crippen molar-refractivity contribution in [3.8, 4) is 0 Å². The minimum atomic E-state index is -0.0298. The quantitative estimate of drug-likeness (QED) is 0.695. The summed E-state index contributed by atoms with van der Waals surface area (Å²) < 4.78 is 6.53. The van der Waals surface area contributed by atoms with E-state index in [0.717, 1.165) is 11.8 Å². The van der Waals surface area contributed by atoms with Crippen molar-refractivity contribution in [3.63, 3.8) is 0 Å². The first-order chi connectivity index (χ1) is 11.7. The van der Waals surface area contributed by atoms with Gasteiger partial charge in [-0.1, -0.05) is 58.9 Å². The normalized spacial score (nSPS) is 41.6. The van der Waals surface area contributed by atoms with E-state index in [0.29, 0.717) is 6.04 Å². The second-order valence-corrected chi connectivity index (χ2v) is 10.3. The summed E-state index contributed by atoms with van der Waals surface area (Å²) in [4.78, 5) is 2.75. The molecule has 2 heteroatoms. The summed E-state index contributed by atoms with van der Waals surface area (Å²) in [6.45, 7) is 16.5. The van der Waals surface area contributed by atoms with Crippen LogP contribution < -0.4 is 0 Å². The first kappa shape index (κ1) is 17.5. The van der Waals surface area contributed by atoms with Crippen LogP contribution in [0.2, 0.25) is 0 Å². The molecule has 0 bridgehead atoms. The summed E-state index contributed by atoms with van der Waals surface area (Å²) >= 11 is 0. The molecule has 1 aromatic carbocycles. The summed E-state index contributed by atoms with van der Waals surface area (Å²) in [7, 11) is 0. The molecular formula is C23H35NO. The Bertz CT molecular complexity index is 631. The van der Waals surface area contributed by atoms with Crippen LogP contribution >= 0.6 is 0 Å². The number of fused-ring (bicyclic) bond motifs is 1. The molecular weight excluding hydrogens is 306 g/mol. The molecule has 5 unspecified atom stereocenters. The number of hydrogen-bond acceptors (Lipinski definition) is 2. The van der Waals surface area contributed by atoms with Crippen LogP contribution in [-0.4, -0.2) is 29.6 Å². The third-order valence-corrected chi connectivity index (χ3v) is 7.11. The average Bonchev–Trinajstić information content (AvgIpc) is 3.02. The van der Waals surface area contributed by atoms with E-state index in [4.69, 9.17) is 4.74 Å². The van der Waals surface area contributed by atoms with E-state index in [-0.39, 0.29) is 16.6 Å². The number of ether oxygens (including phenoxy) is 1. The highest BCUT2D eigenvalue weighted by Crippen LogP contribution is 2.67. The van der Waals surface area contributed by atoms with Crippen LogP contribution in [0.25, 0.3) is 0 Å². The maximum atomic E-state index is 6.53. The highest BCUT2D eigenvalue weighted by Gasteiger charge is 2.75. The number of hydrogen-bond donors (Lipinski definition) is 0. The van der Waals surface area contributed by atoms with Crippen LogP contribution in [0.1, 0.15) is 71.9 Å². The van der Waals surface area contributed by atoms with E-state index in [1.54, 1.807) is 0 Å². The maximum Gasteiger partial charge on any atom is 0.124 e. The molecule has 2 nitrogen and oxygen atoms in total. The second kappa shape index (κ2) is 5.57. The minimum Gasteiger partial charge on any atom is -0.356 e. The average molecular weight is 342 g/mol. The molecule has 2 aliphatic heterocycles. The van der Waals surface area contributed by atoms with Gasteiger partial charge in [0, 0.05) is 19.1 Å². The number of epoxide rings is 1. The smallest absolute Gasteiger partial charge is 0.124 e. The Labute approximate surface area is 153 Å². The van der Waals surface area contributed by atoms with Gasteiger partial charge in [-0.05, 0) is 54.6 Å². The number of piperidine rings is 1. The zero-order chi connectivity index (χ0) is 18.0. The largest absolute Gasteiger partial charge is 0.356 e. The molecule has 5 atom stereocenters. The van der Waals surface area contributed by atoms with Crippen molar-refractivity contribution < 1.29 is 4.74 Å².